The molecule has 5 rings (SSSR count). The van der Waals surface area contributed by atoms with Gasteiger partial charge in [0.2, 0.25) is 11.9 Å². The molecule has 1 aromatic heterocycles. The second-order valence-corrected chi connectivity index (χ2v) is 8.83. The third-order valence-electron chi connectivity index (χ3n) is 6.39. The topological polar surface area (TPSA) is 92.4 Å². The molecule has 0 amide bonds. The maximum atomic E-state index is 6.01. The van der Waals surface area contributed by atoms with Crippen LogP contribution in [0.3, 0.4) is 0 Å². The SMILES string of the molecule is COc1cccc(Nc2nc(N)nc(CN3CCN(C(c4ccccc4)c4ccccc4)CC3)n2)c1. The van der Waals surface area contributed by atoms with Crippen LogP contribution in [0.25, 0.3) is 0 Å². The normalized spacial score (nSPS) is 14.6. The fraction of sp³-hybridized carbons (Fsp3) is 0.250. The maximum Gasteiger partial charge on any atom is 0.232 e. The van der Waals surface area contributed by atoms with Gasteiger partial charge in [-0.2, -0.15) is 15.0 Å². The summed E-state index contributed by atoms with van der Waals surface area (Å²) in [5, 5.41) is 3.21. The standard InChI is InChI=1S/C28H31N7O/c1-36-24-14-8-13-23(19-24)30-28-32-25(31-27(29)33-28)20-34-15-17-35(18-16-34)26(21-9-4-2-5-10-21)22-11-6-3-7-12-22/h2-14,19,26H,15-18,20H2,1H3,(H3,29,30,31,32,33). The number of piperazine rings is 1. The summed E-state index contributed by atoms with van der Waals surface area (Å²) in [7, 11) is 1.64. The molecule has 1 aliphatic heterocycles. The Morgan fingerprint density at radius 1 is 0.833 bits per heavy atom. The zero-order valence-electron chi connectivity index (χ0n) is 20.4. The molecule has 1 aliphatic rings. The smallest absolute Gasteiger partial charge is 0.232 e. The van der Waals surface area contributed by atoms with Crippen LogP contribution in [0, 0.1) is 0 Å². The van der Waals surface area contributed by atoms with Gasteiger partial charge in [0.25, 0.3) is 0 Å². The minimum atomic E-state index is 0.206. The molecule has 3 aromatic carbocycles. The lowest BCUT2D eigenvalue weighted by Gasteiger charge is -2.39. The molecule has 0 saturated carbocycles. The monoisotopic (exact) mass is 481 g/mol. The van der Waals surface area contributed by atoms with Gasteiger partial charge < -0.3 is 15.8 Å². The fourth-order valence-electron chi connectivity index (χ4n) is 4.66. The van der Waals surface area contributed by atoms with Crippen molar-refractivity contribution in [2.24, 2.45) is 0 Å². The van der Waals surface area contributed by atoms with Gasteiger partial charge in [0.15, 0.2) is 0 Å². The number of nitrogen functional groups attached to an aromatic ring is 1. The van der Waals surface area contributed by atoms with E-state index in [0.717, 1.165) is 37.6 Å². The summed E-state index contributed by atoms with van der Waals surface area (Å²) in [6, 6.07) is 29.3. The Hall–Kier alpha value is -4.01. The quantitative estimate of drug-likeness (QED) is 0.388. The van der Waals surface area contributed by atoms with Crippen LogP contribution in [0.1, 0.15) is 23.0 Å². The number of benzene rings is 3. The van der Waals surface area contributed by atoms with Crippen LogP contribution in [0.5, 0.6) is 5.75 Å². The Kier molecular flexibility index (Phi) is 7.35. The largest absolute Gasteiger partial charge is 0.497 e. The molecule has 2 heterocycles. The summed E-state index contributed by atoms with van der Waals surface area (Å²) >= 11 is 0. The highest BCUT2D eigenvalue weighted by molar-refractivity contribution is 5.56. The third kappa shape index (κ3) is 5.79. The molecule has 8 nitrogen and oxygen atoms in total. The van der Waals surface area contributed by atoms with Crippen molar-refractivity contribution in [1.29, 1.82) is 0 Å². The summed E-state index contributed by atoms with van der Waals surface area (Å²) in [6.45, 7) is 4.35. The predicted molar refractivity (Wildman–Crippen MR) is 142 cm³/mol. The number of hydrogen-bond acceptors (Lipinski definition) is 8. The van der Waals surface area contributed by atoms with E-state index in [1.54, 1.807) is 7.11 Å². The van der Waals surface area contributed by atoms with Crippen LogP contribution in [0.4, 0.5) is 17.6 Å². The highest BCUT2D eigenvalue weighted by Gasteiger charge is 2.26. The average Bonchev–Trinajstić information content (AvgIpc) is 2.91. The molecule has 184 valence electrons. The zero-order valence-corrected chi connectivity index (χ0v) is 20.4. The lowest BCUT2D eigenvalue weighted by Crippen LogP contribution is -2.47. The third-order valence-corrected chi connectivity index (χ3v) is 6.39. The minimum absolute atomic E-state index is 0.206. The van der Waals surface area contributed by atoms with E-state index in [0.29, 0.717) is 18.3 Å². The Bertz CT molecular complexity index is 1220. The van der Waals surface area contributed by atoms with Gasteiger partial charge in [0.1, 0.15) is 11.6 Å². The van der Waals surface area contributed by atoms with Crippen LogP contribution in [-0.2, 0) is 6.54 Å². The van der Waals surface area contributed by atoms with Gasteiger partial charge in [-0.15, -0.1) is 0 Å². The first-order valence-electron chi connectivity index (χ1n) is 12.2. The Morgan fingerprint density at radius 3 is 2.14 bits per heavy atom. The van der Waals surface area contributed by atoms with Crippen LogP contribution in [-0.4, -0.2) is 58.0 Å². The molecule has 8 heteroatoms. The molecule has 0 spiro atoms. The molecule has 3 N–H and O–H groups in total. The minimum Gasteiger partial charge on any atom is -0.497 e. The molecule has 0 radical (unpaired) electrons. The molecule has 0 unspecified atom stereocenters. The van der Waals surface area contributed by atoms with Crippen LogP contribution >= 0.6 is 0 Å². The van der Waals surface area contributed by atoms with Gasteiger partial charge in [0.05, 0.1) is 19.7 Å². The van der Waals surface area contributed by atoms with Crippen molar-refractivity contribution in [1.82, 2.24) is 24.8 Å². The predicted octanol–water partition coefficient (Wildman–Crippen LogP) is 4.11. The van der Waals surface area contributed by atoms with E-state index in [1.165, 1.54) is 11.1 Å². The van der Waals surface area contributed by atoms with Crippen LogP contribution in [0.15, 0.2) is 84.9 Å². The Morgan fingerprint density at radius 2 is 1.50 bits per heavy atom. The lowest BCUT2D eigenvalue weighted by atomic mass is 9.96. The van der Waals surface area contributed by atoms with E-state index in [1.807, 2.05) is 24.3 Å². The Balaban J connectivity index is 1.26. The first-order valence-corrected chi connectivity index (χ1v) is 12.2. The van der Waals surface area contributed by atoms with Gasteiger partial charge >= 0.3 is 0 Å². The zero-order chi connectivity index (χ0) is 24.7. The van der Waals surface area contributed by atoms with E-state index < -0.39 is 0 Å². The fourth-order valence-corrected chi connectivity index (χ4v) is 4.66. The van der Waals surface area contributed by atoms with Gasteiger partial charge in [0, 0.05) is 37.9 Å². The molecule has 0 aliphatic carbocycles. The van der Waals surface area contributed by atoms with Gasteiger partial charge in [-0.25, -0.2) is 0 Å². The second kappa shape index (κ2) is 11.2. The number of anilines is 3. The van der Waals surface area contributed by atoms with Crippen molar-refractivity contribution < 1.29 is 4.74 Å². The van der Waals surface area contributed by atoms with Crippen molar-refractivity contribution in [3.63, 3.8) is 0 Å². The van der Waals surface area contributed by atoms with Crippen molar-refractivity contribution in [3.05, 3.63) is 102 Å². The summed E-state index contributed by atoms with van der Waals surface area (Å²) < 4.78 is 5.29. The van der Waals surface area contributed by atoms with E-state index in [2.05, 4.69) is 90.7 Å². The van der Waals surface area contributed by atoms with Crippen molar-refractivity contribution in [2.75, 3.05) is 44.3 Å². The maximum absolute atomic E-state index is 6.01. The summed E-state index contributed by atoms with van der Waals surface area (Å²) in [5.41, 5.74) is 9.47. The van der Waals surface area contributed by atoms with Crippen LogP contribution < -0.4 is 15.8 Å². The molecule has 0 atom stereocenters. The first kappa shape index (κ1) is 23.7. The van der Waals surface area contributed by atoms with Gasteiger partial charge in [-0.3, -0.25) is 9.80 Å². The number of nitrogens with one attached hydrogen (secondary N) is 1. The lowest BCUT2D eigenvalue weighted by molar-refractivity contribution is 0.103. The van der Waals surface area contributed by atoms with E-state index in [9.17, 15) is 0 Å². The molecule has 0 bridgehead atoms. The number of aromatic nitrogens is 3. The second-order valence-electron chi connectivity index (χ2n) is 8.83. The van der Waals surface area contributed by atoms with E-state index in [-0.39, 0.29) is 12.0 Å². The highest BCUT2D eigenvalue weighted by atomic mass is 16.5. The van der Waals surface area contributed by atoms with E-state index >= 15 is 0 Å². The van der Waals surface area contributed by atoms with E-state index in [4.69, 9.17) is 10.5 Å². The molecule has 36 heavy (non-hydrogen) atoms. The van der Waals surface area contributed by atoms with Crippen molar-refractivity contribution in [2.45, 2.75) is 12.6 Å². The number of nitrogens with two attached hydrogens (primary N) is 1. The summed E-state index contributed by atoms with van der Waals surface area (Å²) in [6.07, 6.45) is 0. The molecule has 1 saturated heterocycles. The number of rotatable bonds is 8. The summed E-state index contributed by atoms with van der Waals surface area (Å²) in [4.78, 5) is 18.2. The van der Waals surface area contributed by atoms with Crippen molar-refractivity contribution >= 4 is 17.6 Å². The number of ether oxygens (including phenoxy) is 1. The number of nitrogens with zero attached hydrogens (tertiary/aromatic N) is 5. The Labute approximate surface area is 211 Å². The first-order chi connectivity index (χ1) is 17.7. The molecule has 4 aromatic rings. The van der Waals surface area contributed by atoms with Gasteiger partial charge in [-0.1, -0.05) is 66.7 Å². The molecular formula is C28H31N7O. The van der Waals surface area contributed by atoms with Crippen LogP contribution in [0.2, 0.25) is 0 Å². The number of hydrogen-bond donors (Lipinski definition) is 2. The van der Waals surface area contributed by atoms with Crippen molar-refractivity contribution in [3.8, 4) is 5.75 Å². The van der Waals surface area contributed by atoms with Gasteiger partial charge in [-0.05, 0) is 23.3 Å². The highest BCUT2D eigenvalue weighted by Crippen LogP contribution is 2.29. The average molecular weight is 482 g/mol. The summed E-state index contributed by atoms with van der Waals surface area (Å²) in [5.74, 6) is 2.04. The molecule has 1 fully saturated rings. The molecular weight excluding hydrogens is 450 g/mol. The number of methoxy groups -OCH3 is 1.